The summed E-state index contributed by atoms with van der Waals surface area (Å²) in [6.07, 6.45) is 0.527. The number of amides is 1. The second-order valence-corrected chi connectivity index (χ2v) is 7.70. The third kappa shape index (κ3) is 4.12. The second kappa shape index (κ2) is 7.95. The number of aromatic nitrogens is 1. The summed E-state index contributed by atoms with van der Waals surface area (Å²) in [7, 11) is 1.82. The molecule has 2 aliphatic heterocycles. The number of pyridine rings is 1. The lowest BCUT2D eigenvalue weighted by Gasteiger charge is -2.38. The number of rotatable bonds is 2. The van der Waals surface area contributed by atoms with Crippen LogP contribution in [0.4, 0.5) is 13.2 Å². The molecular formula is C21H23ClF3N3O. The summed E-state index contributed by atoms with van der Waals surface area (Å²) in [6, 6.07) is 8.75. The van der Waals surface area contributed by atoms with Crippen LogP contribution in [-0.4, -0.2) is 34.9 Å². The van der Waals surface area contributed by atoms with Gasteiger partial charge in [-0.1, -0.05) is 12.1 Å². The highest BCUT2D eigenvalue weighted by Crippen LogP contribution is 2.39. The van der Waals surface area contributed by atoms with E-state index in [1.165, 1.54) is 6.07 Å². The van der Waals surface area contributed by atoms with Crippen molar-refractivity contribution in [1.82, 2.24) is 15.2 Å². The van der Waals surface area contributed by atoms with Gasteiger partial charge in [0.1, 0.15) is 0 Å². The van der Waals surface area contributed by atoms with Crippen molar-refractivity contribution >= 4 is 18.3 Å². The SMILES string of the molecule is CN1CCC[C@]2(CC[C@H](c3cc(-c4cccc(C(F)(F)F)c4)ccn3)N2)C1=O.Cl. The lowest BCUT2D eigenvalue weighted by molar-refractivity contribution is -0.140. The second-order valence-electron chi connectivity index (χ2n) is 7.70. The van der Waals surface area contributed by atoms with Crippen molar-refractivity contribution in [3.05, 3.63) is 53.9 Å². The molecular weight excluding hydrogens is 403 g/mol. The Labute approximate surface area is 173 Å². The van der Waals surface area contributed by atoms with E-state index >= 15 is 0 Å². The molecule has 0 bridgehead atoms. The lowest BCUT2D eigenvalue weighted by Crippen LogP contribution is -2.57. The van der Waals surface area contributed by atoms with Gasteiger partial charge in [0.05, 0.1) is 22.8 Å². The Kier molecular flexibility index (Phi) is 5.92. The molecule has 4 nitrogen and oxygen atoms in total. The third-order valence-electron chi connectivity index (χ3n) is 5.82. The predicted octanol–water partition coefficient (Wildman–Crippen LogP) is 4.60. The van der Waals surface area contributed by atoms with E-state index in [0.29, 0.717) is 11.1 Å². The van der Waals surface area contributed by atoms with E-state index < -0.39 is 17.3 Å². The number of hydrogen-bond acceptors (Lipinski definition) is 3. The summed E-state index contributed by atoms with van der Waals surface area (Å²) in [5.74, 6) is 0.121. The van der Waals surface area contributed by atoms with Gasteiger partial charge >= 0.3 is 6.18 Å². The van der Waals surface area contributed by atoms with E-state index in [1.807, 2.05) is 13.1 Å². The van der Waals surface area contributed by atoms with Crippen molar-refractivity contribution in [2.45, 2.75) is 43.4 Å². The van der Waals surface area contributed by atoms with Crippen LogP contribution in [0.25, 0.3) is 11.1 Å². The summed E-state index contributed by atoms with van der Waals surface area (Å²) in [6.45, 7) is 0.774. The van der Waals surface area contributed by atoms with Gasteiger partial charge in [0.15, 0.2) is 0 Å². The summed E-state index contributed by atoms with van der Waals surface area (Å²) >= 11 is 0. The van der Waals surface area contributed by atoms with E-state index in [-0.39, 0.29) is 24.4 Å². The first-order chi connectivity index (χ1) is 13.3. The number of alkyl halides is 3. The number of nitrogens with zero attached hydrogens (tertiary/aromatic N) is 2. The number of benzene rings is 1. The molecule has 156 valence electrons. The van der Waals surface area contributed by atoms with Crippen LogP contribution in [0.15, 0.2) is 42.6 Å². The van der Waals surface area contributed by atoms with E-state index in [9.17, 15) is 18.0 Å². The van der Waals surface area contributed by atoms with Crippen LogP contribution in [0.3, 0.4) is 0 Å². The van der Waals surface area contributed by atoms with Crippen molar-refractivity contribution in [3.8, 4) is 11.1 Å². The minimum Gasteiger partial charge on any atom is -0.344 e. The number of likely N-dealkylation sites (tertiary alicyclic amines) is 1. The van der Waals surface area contributed by atoms with Crippen molar-refractivity contribution in [3.63, 3.8) is 0 Å². The van der Waals surface area contributed by atoms with Gasteiger partial charge in [0, 0.05) is 19.8 Å². The Morgan fingerprint density at radius 3 is 2.69 bits per heavy atom. The Bertz CT molecular complexity index is 905. The van der Waals surface area contributed by atoms with Crippen LogP contribution in [0.1, 0.15) is 43.0 Å². The first-order valence-electron chi connectivity index (χ1n) is 9.45. The average molecular weight is 426 g/mol. The van der Waals surface area contributed by atoms with Crippen molar-refractivity contribution in [1.29, 1.82) is 0 Å². The van der Waals surface area contributed by atoms with Gasteiger partial charge in [0.2, 0.25) is 5.91 Å². The minimum absolute atomic E-state index is 0. The van der Waals surface area contributed by atoms with Gasteiger partial charge in [-0.05, 0) is 61.1 Å². The fraction of sp³-hybridized carbons (Fsp3) is 0.429. The summed E-state index contributed by atoms with van der Waals surface area (Å²) in [4.78, 5) is 18.9. The largest absolute Gasteiger partial charge is 0.416 e. The van der Waals surface area contributed by atoms with E-state index in [0.717, 1.165) is 50.1 Å². The van der Waals surface area contributed by atoms with Crippen molar-refractivity contribution in [2.24, 2.45) is 0 Å². The molecule has 3 heterocycles. The van der Waals surface area contributed by atoms with Crippen LogP contribution in [0.2, 0.25) is 0 Å². The number of piperidine rings is 1. The van der Waals surface area contributed by atoms with Crippen LogP contribution < -0.4 is 5.32 Å². The molecule has 0 aliphatic carbocycles. The number of halogens is 4. The zero-order valence-corrected chi connectivity index (χ0v) is 16.8. The summed E-state index contributed by atoms with van der Waals surface area (Å²) < 4.78 is 39.1. The normalized spacial score (nSPS) is 24.6. The van der Waals surface area contributed by atoms with E-state index in [1.54, 1.807) is 23.2 Å². The topological polar surface area (TPSA) is 45.2 Å². The Hall–Kier alpha value is -2.12. The number of nitrogens with one attached hydrogen (secondary N) is 1. The van der Waals surface area contributed by atoms with Crippen LogP contribution in [0, 0.1) is 0 Å². The molecule has 8 heteroatoms. The van der Waals surface area contributed by atoms with E-state index in [4.69, 9.17) is 0 Å². The van der Waals surface area contributed by atoms with Gasteiger partial charge in [-0.2, -0.15) is 13.2 Å². The predicted molar refractivity (Wildman–Crippen MR) is 107 cm³/mol. The Balaban J connectivity index is 0.00000240. The molecule has 2 aliphatic rings. The molecule has 0 radical (unpaired) electrons. The molecule has 4 rings (SSSR count). The molecule has 2 aromatic rings. The molecule has 2 atom stereocenters. The number of carbonyl (C=O) groups is 1. The average Bonchev–Trinajstić information content (AvgIpc) is 3.11. The first-order valence-corrected chi connectivity index (χ1v) is 9.45. The zero-order valence-electron chi connectivity index (χ0n) is 16.0. The maximum atomic E-state index is 13.0. The molecule has 2 fully saturated rings. The minimum atomic E-state index is -4.38. The lowest BCUT2D eigenvalue weighted by atomic mass is 9.87. The molecule has 29 heavy (non-hydrogen) atoms. The van der Waals surface area contributed by atoms with Gasteiger partial charge < -0.3 is 4.90 Å². The van der Waals surface area contributed by atoms with Crippen LogP contribution in [0.5, 0.6) is 0 Å². The van der Waals surface area contributed by atoms with Gasteiger partial charge in [-0.15, -0.1) is 12.4 Å². The highest BCUT2D eigenvalue weighted by Gasteiger charge is 2.48. The first kappa shape index (κ1) is 21.6. The summed E-state index contributed by atoms with van der Waals surface area (Å²) in [5, 5.41) is 3.48. The molecule has 1 N–H and O–H groups in total. The Morgan fingerprint density at radius 1 is 1.17 bits per heavy atom. The standard InChI is InChI=1S/C21H22F3N3O.ClH/c1-27-11-3-8-20(19(27)28)9-6-17(26-20)18-13-15(7-10-25-18)14-4-2-5-16(12-14)21(22,23)24;/h2,4-5,7,10,12-13,17,26H,3,6,8-9,11H2,1H3;1H/t17-,20+;/m1./s1. The Morgan fingerprint density at radius 2 is 1.93 bits per heavy atom. The quantitative estimate of drug-likeness (QED) is 0.764. The third-order valence-corrected chi connectivity index (χ3v) is 5.82. The molecule has 1 amide bonds. The van der Waals surface area contributed by atoms with Gasteiger partial charge in [0.25, 0.3) is 0 Å². The maximum Gasteiger partial charge on any atom is 0.416 e. The van der Waals surface area contributed by atoms with Gasteiger partial charge in [-0.25, -0.2) is 0 Å². The molecule has 1 spiro atoms. The highest BCUT2D eigenvalue weighted by atomic mass is 35.5. The van der Waals surface area contributed by atoms with E-state index in [2.05, 4.69) is 10.3 Å². The molecule has 0 unspecified atom stereocenters. The number of hydrogen-bond donors (Lipinski definition) is 1. The number of likely N-dealkylation sites (N-methyl/N-ethyl adjacent to an activating group) is 1. The molecule has 0 saturated carbocycles. The summed E-state index contributed by atoms with van der Waals surface area (Å²) in [5.41, 5.74) is 0.738. The van der Waals surface area contributed by atoms with Crippen LogP contribution >= 0.6 is 12.4 Å². The van der Waals surface area contributed by atoms with Gasteiger partial charge in [-0.3, -0.25) is 15.1 Å². The van der Waals surface area contributed by atoms with Crippen LogP contribution in [-0.2, 0) is 11.0 Å². The smallest absolute Gasteiger partial charge is 0.344 e. The van der Waals surface area contributed by atoms with Crippen molar-refractivity contribution < 1.29 is 18.0 Å². The maximum absolute atomic E-state index is 13.0. The van der Waals surface area contributed by atoms with Crippen molar-refractivity contribution in [2.75, 3.05) is 13.6 Å². The fourth-order valence-corrected chi connectivity index (χ4v) is 4.34. The monoisotopic (exact) mass is 425 g/mol. The highest BCUT2D eigenvalue weighted by molar-refractivity contribution is 5.87. The molecule has 1 aromatic heterocycles. The number of carbonyl (C=O) groups excluding carboxylic acids is 1. The molecule has 1 aromatic carbocycles. The zero-order chi connectivity index (χ0) is 19.9. The molecule has 2 saturated heterocycles. The fourth-order valence-electron chi connectivity index (χ4n) is 4.34.